The van der Waals surface area contributed by atoms with E-state index in [1.54, 1.807) is 12.1 Å². The summed E-state index contributed by atoms with van der Waals surface area (Å²) in [6.45, 7) is 2.16. The lowest BCUT2D eigenvalue weighted by Gasteiger charge is -2.56. The van der Waals surface area contributed by atoms with Gasteiger partial charge in [-0.2, -0.15) is 0 Å². The number of aliphatic hydroxyl groups is 2. The summed E-state index contributed by atoms with van der Waals surface area (Å²) in [4.78, 5) is 37.9. The van der Waals surface area contributed by atoms with Gasteiger partial charge in [0.15, 0.2) is 23.7 Å². The molecule has 5 rings (SSSR count). The van der Waals surface area contributed by atoms with Gasteiger partial charge in [-0.05, 0) is 57.5 Å². The van der Waals surface area contributed by atoms with E-state index < -0.39 is 53.5 Å². The Labute approximate surface area is 207 Å². The van der Waals surface area contributed by atoms with Crippen LogP contribution in [0.2, 0.25) is 0 Å². The number of esters is 1. The molecule has 36 heavy (non-hydrogen) atoms. The minimum atomic E-state index is -1.88. The average Bonchev–Trinajstić information content (AvgIpc) is 3.15. The molecule has 0 aromatic heterocycles. The summed E-state index contributed by atoms with van der Waals surface area (Å²) in [5.41, 5.74) is -0.379. The lowest BCUT2D eigenvalue weighted by molar-refractivity contribution is -0.153. The van der Waals surface area contributed by atoms with Gasteiger partial charge in [0.25, 0.3) is 0 Å². The maximum absolute atomic E-state index is 12.9. The highest BCUT2D eigenvalue weighted by Gasteiger charge is 2.71. The normalized spacial score (nSPS) is 31.7. The van der Waals surface area contributed by atoms with E-state index in [1.807, 2.05) is 13.1 Å². The Morgan fingerprint density at radius 1 is 1.33 bits per heavy atom. The Morgan fingerprint density at radius 2 is 2.08 bits per heavy atom. The number of nitrogens with one attached hydrogen (secondary N) is 1. The Hall–Kier alpha value is -3.15. The summed E-state index contributed by atoms with van der Waals surface area (Å²) in [6, 6.07) is 2.11. The van der Waals surface area contributed by atoms with Gasteiger partial charge in [-0.15, -0.1) is 0 Å². The molecular formula is C25H30N2O9. The molecule has 1 aromatic rings. The van der Waals surface area contributed by atoms with Gasteiger partial charge in [-0.1, -0.05) is 6.07 Å². The summed E-state index contributed by atoms with van der Waals surface area (Å²) < 4.78 is 12.0. The van der Waals surface area contributed by atoms with E-state index in [4.69, 9.17) is 14.6 Å². The van der Waals surface area contributed by atoms with Crippen molar-refractivity contribution in [2.75, 3.05) is 13.6 Å². The summed E-state index contributed by atoms with van der Waals surface area (Å²) in [6.07, 6.45) is 0.342. The van der Waals surface area contributed by atoms with Crippen molar-refractivity contribution in [2.45, 2.75) is 74.3 Å². The quantitative estimate of drug-likeness (QED) is 0.333. The molecule has 4 aliphatic rings. The average molecular weight is 503 g/mol. The first kappa shape index (κ1) is 24.5. The molecule has 11 nitrogen and oxygen atoms in total. The number of phenolic OH excluding ortho intramolecular Hbond substituents is 1. The van der Waals surface area contributed by atoms with Gasteiger partial charge >= 0.3 is 11.9 Å². The summed E-state index contributed by atoms with van der Waals surface area (Å²) in [7, 11) is 1.99. The molecular weight excluding hydrogens is 472 g/mol. The molecule has 1 fully saturated rings. The third-order valence-electron chi connectivity index (χ3n) is 8.19. The summed E-state index contributed by atoms with van der Waals surface area (Å²) in [5, 5.41) is 43.3. The first-order valence-electron chi connectivity index (χ1n) is 12.1. The fraction of sp³-hybridized carbons (Fsp3) is 0.560. The number of carboxylic acid groups (broad SMARTS) is 1. The molecule has 0 saturated carbocycles. The van der Waals surface area contributed by atoms with E-state index >= 15 is 0 Å². The predicted octanol–water partition coefficient (Wildman–Crippen LogP) is -0.0565. The minimum absolute atomic E-state index is 0.0424. The smallest absolute Gasteiger partial charge is 0.333 e. The number of carbonyl (C=O) groups is 3. The second-order valence-corrected chi connectivity index (χ2v) is 10.2. The Bertz CT molecular complexity index is 1170. The number of likely N-dealkylation sites (N-methyl/N-ethyl adjacent to an activating group) is 1. The van der Waals surface area contributed by atoms with E-state index in [-0.39, 0.29) is 24.0 Å². The molecule has 0 radical (unpaired) electrons. The lowest BCUT2D eigenvalue weighted by atomic mass is 9.52. The molecule has 1 amide bonds. The van der Waals surface area contributed by atoms with Gasteiger partial charge in [0.2, 0.25) is 5.91 Å². The number of carbonyl (C=O) groups excluding carboxylic acids is 2. The van der Waals surface area contributed by atoms with Crippen LogP contribution in [0.3, 0.4) is 0 Å². The fourth-order valence-electron chi connectivity index (χ4n) is 6.52. The van der Waals surface area contributed by atoms with E-state index in [9.17, 15) is 29.7 Å². The number of aromatic hydroxyl groups is 1. The van der Waals surface area contributed by atoms with Crippen molar-refractivity contribution < 1.29 is 44.3 Å². The Morgan fingerprint density at radius 3 is 2.81 bits per heavy atom. The maximum atomic E-state index is 12.9. The molecule has 2 aliphatic heterocycles. The molecule has 1 aromatic carbocycles. The van der Waals surface area contributed by atoms with Crippen LogP contribution in [0.4, 0.5) is 0 Å². The van der Waals surface area contributed by atoms with Crippen molar-refractivity contribution in [3.8, 4) is 11.5 Å². The fourth-order valence-corrected chi connectivity index (χ4v) is 6.52. The van der Waals surface area contributed by atoms with Crippen LogP contribution in [-0.4, -0.2) is 86.7 Å². The molecule has 2 aliphatic carbocycles. The third-order valence-corrected chi connectivity index (χ3v) is 8.19. The molecule has 0 unspecified atom stereocenters. The molecule has 6 atom stereocenters. The molecule has 5 N–H and O–H groups in total. The highest BCUT2D eigenvalue weighted by atomic mass is 16.6. The van der Waals surface area contributed by atoms with Crippen molar-refractivity contribution in [2.24, 2.45) is 0 Å². The third kappa shape index (κ3) is 3.40. The molecule has 1 saturated heterocycles. The van der Waals surface area contributed by atoms with Crippen molar-refractivity contribution in [1.29, 1.82) is 0 Å². The number of ether oxygens (including phenoxy) is 2. The maximum Gasteiger partial charge on any atom is 0.333 e. The van der Waals surface area contributed by atoms with Gasteiger partial charge in [0, 0.05) is 18.0 Å². The van der Waals surface area contributed by atoms with Crippen LogP contribution in [0.1, 0.15) is 43.7 Å². The number of rotatable bonds is 6. The van der Waals surface area contributed by atoms with E-state index in [1.165, 1.54) is 6.92 Å². The largest absolute Gasteiger partial charge is 0.504 e. The number of amides is 1. The molecule has 11 heteroatoms. The van der Waals surface area contributed by atoms with Crippen molar-refractivity contribution in [3.63, 3.8) is 0 Å². The Balaban J connectivity index is 1.44. The van der Waals surface area contributed by atoms with E-state index in [0.717, 1.165) is 24.1 Å². The van der Waals surface area contributed by atoms with Crippen LogP contribution in [0.25, 0.3) is 0 Å². The van der Waals surface area contributed by atoms with Gasteiger partial charge in [0.1, 0.15) is 11.8 Å². The summed E-state index contributed by atoms with van der Waals surface area (Å²) >= 11 is 0. The monoisotopic (exact) mass is 502 g/mol. The van der Waals surface area contributed by atoms with Crippen LogP contribution in [0.15, 0.2) is 24.0 Å². The van der Waals surface area contributed by atoms with Gasteiger partial charge in [-0.25, -0.2) is 9.59 Å². The molecule has 2 bridgehead atoms. The zero-order chi connectivity index (χ0) is 26.0. The molecule has 2 heterocycles. The van der Waals surface area contributed by atoms with Gasteiger partial charge in [0.05, 0.1) is 17.4 Å². The van der Waals surface area contributed by atoms with Crippen molar-refractivity contribution in [3.05, 3.63) is 35.1 Å². The van der Waals surface area contributed by atoms with Crippen LogP contribution >= 0.6 is 0 Å². The highest BCUT2D eigenvalue weighted by molar-refractivity contribution is 5.87. The van der Waals surface area contributed by atoms with Crippen LogP contribution in [0.5, 0.6) is 11.5 Å². The highest BCUT2D eigenvalue weighted by Crippen LogP contribution is 2.64. The van der Waals surface area contributed by atoms with Gasteiger partial charge < -0.3 is 40.1 Å². The molecule has 194 valence electrons. The first-order valence-corrected chi connectivity index (χ1v) is 12.1. The number of phenols is 1. The standard InChI is InChI=1S/C25H30N2O9/c1-12(26-18(30)11-15(29)22(31)32)23(33)35-16-6-8-25(34)17-10-13-4-5-14(28)20-19(13)24(25,21(16)36-20)7-3-9-27(17)2/h4-6,12,15,17,21,28-29,34H,3,7-11H2,1-2H3,(H,26,30)(H,31,32)/t12-,15-,17+,21-,24-,25+/m0/s1. The van der Waals surface area contributed by atoms with Crippen LogP contribution in [-0.2, 0) is 31.0 Å². The second kappa shape index (κ2) is 8.46. The SMILES string of the molecule is C[C@H](NC(=O)C[C@H](O)C(=O)O)C(=O)OC1=CC[C@@]2(O)[C@H]3Cc4ccc(O)c5c4[C@@]2(CCCN3C)[C@H]1O5. The number of carboxylic acids is 1. The number of hydrogen-bond acceptors (Lipinski definition) is 9. The minimum Gasteiger partial charge on any atom is -0.504 e. The van der Waals surface area contributed by atoms with E-state index in [0.29, 0.717) is 18.6 Å². The van der Waals surface area contributed by atoms with Crippen LogP contribution < -0.4 is 10.1 Å². The number of aliphatic carboxylic acids is 1. The van der Waals surface area contributed by atoms with Crippen molar-refractivity contribution >= 4 is 17.8 Å². The topological polar surface area (TPSA) is 166 Å². The summed E-state index contributed by atoms with van der Waals surface area (Å²) in [5.74, 6) is -2.71. The Kier molecular flexibility index (Phi) is 5.77. The van der Waals surface area contributed by atoms with Crippen molar-refractivity contribution in [1.82, 2.24) is 10.2 Å². The number of benzene rings is 1. The number of aliphatic hydroxyl groups excluding tert-OH is 1. The molecule has 1 spiro atoms. The zero-order valence-electron chi connectivity index (χ0n) is 20.1. The van der Waals surface area contributed by atoms with E-state index in [2.05, 4.69) is 10.2 Å². The van der Waals surface area contributed by atoms with Gasteiger partial charge in [-0.3, -0.25) is 4.79 Å². The predicted molar refractivity (Wildman–Crippen MR) is 123 cm³/mol. The van der Waals surface area contributed by atoms with Crippen LogP contribution in [0, 0.1) is 0 Å². The number of likely N-dealkylation sites (tertiary alicyclic amines) is 1. The number of nitrogens with zero attached hydrogens (tertiary/aromatic N) is 1. The number of hydrogen-bond donors (Lipinski definition) is 5. The second-order valence-electron chi connectivity index (χ2n) is 10.2. The lowest BCUT2D eigenvalue weighted by Crippen LogP contribution is -2.69. The first-order chi connectivity index (χ1) is 17.0. The zero-order valence-corrected chi connectivity index (χ0v) is 20.1.